The first-order valence-electron chi connectivity index (χ1n) is 17.9. The van der Waals surface area contributed by atoms with E-state index < -0.39 is 0 Å². The van der Waals surface area contributed by atoms with Crippen molar-refractivity contribution in [3.05, 3.63) is 193 Å². The van der Waals surface area contributed by atoms with Gasteiger partial charge in [0.15, 0.2) is 0 Å². The fraction of sp³-hybridized carbons (Fsp3) is 0.0588. The molecule has 0 aromatic heterocycles. The smallest absolute Gasteiger partial charge is 0.0159 e. The molecule has 0 saturated heterocycles. The Balaban J connectivity index is 1.12. The molecule has 51 heavy (non-hydrogen) atoms. The van der Waals surface area contributed by atoms with E-state index in [1.54, 1.807) is 0 Å². The summed E-state index contributed by atoms with van der Waals surface area (Å²) in [5.41, 5.74) is 15.5. The Morgan fingerprint density at radius 2 is 0.784 bits per heavy atom. The van der Waals surface area contributed by atoms with Crippen molar-refractivity contribution in [1.82, 2.24) is 0 Å². The highest BCUT2D eigenvalue weighted by Crippen LogP contribution is 2.52. The van der Waals surface area contributed by atoms with Crippen LogP contribution in [0.15, 0.2) is 182 Å². The molecule has 9 aromatic carbocycles. The first kappa shape index (κ1) is 29.7. The third-order valence-corrected chi connectivity index (χ3v) is 11.3. The fourth-order valence-corrected chi connectivity index (χ4v) is 8.75. The van der Waals surface area contributed by atoms with Crippen LogP contribution < -0.4 is 0 Å². The van der Waals surface area contributed by atoms with Crippen LogP contribution in [0, 0.1) is 0 Å². The van der Waals surface area contributed by atoms with Crippen molar-refractivity contribution in [3.8, 4) is 55.6 Å². The zero-order valence-electron chi connectivity index (χ0n) is 28.8. The second-order valence-electron chi connectivity index (χ2n) is 14.5. The van der Waals surface area contributed by atoms with Crippen molar-refractivity contribution in [2.24, 2.45) is 0 Å². The first-order chi connectivity index (χ1) is 25.1. The van der Waals surface area contributed by atoms with Gasteiger partial charge in [0.2, 0.25) is 0 Å². The van der Waals surface area contributed by atoms with E-state index in [1.165, 1.54) is 99.1 Å². The van der Waals surface area contributed by atoms with E-state index in [0.717, 1.165) is 0 Å². The summed E-state index contributed by atoms with van der Waals surface area (Å²) >= 11 is 0. The summed E-state index contributed by atoms with van der Waals surface area (Å²) in [7, 11) is 0. The number of benzene rings is 9. The second-order valence-corrected chi connectivity index (χ2v) is 14.5. The van der Waals surface area contributed by atoms with Crippen LogP contribution in [0.1, 0.15) is 25.0 Å². The van der Waals surface area contributed by atoms with Crippen LogP contribution in [0.25, 0.3) is 88.0 Å². The van der Waals surface area contributed by atoms with E-state index in [0.29, 0.717) is 0 Å². The van der Waals surface area contributed by atoms with Gasteiger partial charge in [-0.15, -0.1) is 0 Å². The minimum absolute atomic E-state index is 0.0795. The van der Waals surface area contributed by atoms with Crippen molar-refractivity contribution < 1.29 is 0 Å². The number of fused-ring (bicyclic) bond motifs is 7. The van der Waals surface area contributed by atoms with Gasteiger partial charge in [0.25, 0.3) is 0 Å². The van der Waals surface area contributed by atoms with E-state index in [-0.39, 0.29) is 5.41 Å². The van der Waals surface area contributed by atoms with Crippen molar-refractivity contribution >= 4 is 32.3 Å². The van der Waals surface area contributed by atoms with Gasteiger partial charge in [0.1, 0.15) is 0 Å². The average molecular weight is 649 g/mol. The number of rotatable bonds is 4. The molecule has 0 bridgehead atoms. The van der Waals surface area contributed by atoms with Crippen LogP contribution >= 0.6 is 0 Å². The highest BCUT2D eigenvalue weighted by Gasteiger charge is 2.36. The van der Waals surface area contributed by atoms with Gasteiger partial charge in [0, 0.05) is 5.41 Å². The summed E-state index contributed by atoms with van der Waals surface area (Å²) < 4.78 is 0. The Bertz CT molecular complexity index is 2740. The number of hydrogen-bond acceptors (Lipinski definition) is 0. The van der Waals surface area contributed by atoms with Gasteiger partial charge in [-0.25, -0.2) is 0 Å². The lowest BCUT2D eigenvalue weighted by atomic mass is 9.81. The molecule has 0 N–H and O–H groups in total. The van der Waals surface area contributed by atoms with Gasteiger partial charge in [0.05, 0.1) is 0 Å². The molecule has 0 nitrogen and oxygen atoms in total. The van der Waals surface area contributed by atoms with Gasteiger partial charge in [-0.2, -0.15) is 0 Å². The average Bonchev–Trinajstić information content (AvgIpc) is 3.43. The van der Waals surface area contributed by atoms with Crippen molar-refractivity contribution in [2.75, 3.05) is 0 Å². The highest BCUT2D eigenvalue weighted by atomic mass is 14.4. The molecule has 0 atom stereocenters. The summed E-state index contributed by atoms with van der Waals surface area (Å²) in [5.74, 6) is 0. The lowest BCUT2D eigenvalue weighted by Crippen LogP contribution is -2.15. The molecule has 0 heteroatoms. The van der Waals surface area contributed by atoms with Crippen molar-refractivity contribution in [2.45, 2.75) is 19.3 Å². The fourth-order valence-electron chi connectivity index (χ4n) is 8.75. The van der Waals surface area contributed by atoms with Crippen molar-refractivity contribution in [3.63, 3.8) is 0 Å². The largest absolute Gasteiger partial charge is 0.0622 e. The van der Waals surface area contributed by atoms with E-state index in [2.05, 4.69) is 196 Å². The Kier molecular flexibility index (Phi) is 6.63. The summed E-state index contributed by atoms with van der Waals surface area (Å²) in [4.78, 5) is 0. The van der Waals surface area contributed by atoms with E-state index in [4.69, 9.17) is 0 Å². The quantitative estimate of drug-likeness (QED) is 0.167. The Hall–Kier alpha value is -6.24. The molecule has 0 amide bonds. The summed E-state index contributed by atoms with van der Waals surface area (Å²) in [6.45, 7) is 4.75. The van der Waals surface area contributed by atoms with Gasteiger partial charge in [-0.05, 0) is 111 Å². The molecule has 1 aliphatic carbocycles. The van der Waals surface area contributed by atoms with E-state index >= 15 is 0 Å². The minimum Gasteiger partial charge on any atom is -0.0622 e. The molecule has 9 aromatic rings. The molecule has 0 spiro atoms. The maximum absolute atomic E-state index is 2.45. The zero-order valence-corrected chi connectivity index (χ0v) is 28.8. The molecule has 0 aliphatic heterocycles. The maximum atomic E-state index is 2.45. The van der Waals surface area contributed by atoms with Gasteiger partial charge < -0.3 is 0 Å². The normalized spacial score (nSPS) is 13.1. The predicted octanol–water partition coefficient (Wildman–Crippen LogP) is 14.1. The number of hydrogen-bond donors (Lipinski definition) is 0. The monoisotopic (exact) mass is 648 g/mol. The lowest BCUT2D eigenvalue weighted by Gasteiger charge is -2.22. The third kappa shape index (κ3) is 4.60. The molecule has 10 rings (SSSR count). The minimum atomic E-state index is -0.0795. The predicted molar refractivity (Wildman–Crippen MR) is 218 cm³/mol. The molecule has 1 aliphatic rings. The molecule has 0 radical (unpaired) electrons. The van der Waals surface area contributed by atoms with Crippen LogP contribution in [-0.4, -0.2) is 0 Å². The molecule has 0 unspecified atom stereocenters. The molecule has 0 saturated carbocycles. The van der Waals surface area contributed by atoms with E-state index in [9.17, 15) is 0 Å². The summed E-state index contributed by atoms with van der Waals surface area (Å²) in [6.07, 6.45) is 0. The van der Waals surface area contributed by atoms with Crippen LogP contribution in [0.3, 0.4) is 0 Å². The Labute approximate surface area is 299 Å². The standard InChI is InChI=1S/C51H36/c1-51(2)46-30-28-35-15-6-7-18-40(35)50(46)45-29-27-38(32-47(45)51)37-16-12-17-39(31-37)49-43-21-10-8-19-41(43)48(42-20-9-11-22-44(42)49)36-25-23-34(24-26-36)33-13-4-3-5-14-33/h3-32H,1-2H3. The van der Waals surface area contributed by atoms with Crippen LogP contribution in [0.5, 0.6) is 0 Å². The maximum Gasteiger partial charge on any atom is 0.0159 e. The lowest BCUT2D eigenvalue weighted by molar-refractivity contribution is 0.661. The topological polar surface area (TPSA) is 0 Å². The molecular weight excluding hydrogens is 613 g/mol. The third-order valence-electron chi connectivity index (χ3n) is 11.3. The Morgan fingerprint density at radius 1 is 0.294 bits per heavy atom. The van der Waals surface area contributed by atoms with Crippen LogP contribution in [0.2, 0.25) is 0 Å². The molecule has 0 fully saturated rings. The van der Waals surface area contributed by atoms with Crippen LogP contribution in [0.4, 0.5) is 0 Å². The van der Waals surface area contributed by atoms with Crippen LogP contribution in [-0.2, 0) is 5.41 Å². The molecule has 240 valence electrons. The summed E-state index contributed by atoms with van der Waals surface area (Å²) in [5, 5.41) is 7.72. The summed E-state index contributed by atoms with van der Waals surface area (Å²) in [6, 6.07) is 67.3. The molecule has 0 heterocycles. The van der Waals surface area contributed by atoms with Gasteiger partial charge in [-0.3, -0.25) is 0 Å². The van der Waals surface area contributed by atoms with Gasteiger partial charge in [-0.1, -0.05) is 184 Å². The zero-order chi connectivity index (χ0) is 34.1. The first-order valence-corrected chi connectivity index (χ1v) is 17.9. The molecular formula is C51H36. The van der Waals surface area contributed by atoms with Crippen molar-refractivity contribution in [1.29, 1.82) is 0 Å². The van der Waals surface area contributed by atoms with E-state index in [1.807, 2.05) is 0 Å². The second kappa shape index (κ2) is 11.4. The highest BCUT2D eigenvalue weighted by molar-refractivity contribution is 6.21. The Morgan fingerprint density at radius 3 is 1.47 bits per heavy atom. The van der Waals surface area contributed by atoms with Gasteiger partial charge >= 0.3 is 0 Å². The SMILES string of the molecule is CC1(C)c2cc(-c3cccc(-c4c5ccccc5c(-c5ccc(-c6ccccc6)cc5)c5ccccc45)c3)ccc2-c2c1ccc1ccccc21.